The second kappa shape index (κ2) is 6.66. The molecule has 9 heteroatoms. The molecule has 0 bridgehead atoms. The third-order valence-corrected chi connectivity index (χ3v) is 10.2. The number of hydrogen-bond acceptors (Lipinski definition) is 5. The highest BCUT2D eigenvalue weighted by Gasteiger charge is 2.39. The highest BCUT2D eigenvalue weighted by atomic mass is 28.4. The third kappa shape index (κ3) is 3.24. The highest BCUT2D eigenvalue weighted by molar-refractivity contribution is 6.74. The van der Waals surface area contributed by atoms with Gasteiger partial charge < -0.3 is 14.5 Å². The molecule has 0 amide bonds. The van der Waals surface area contributed by atoms with E-state index in [0.29, 0.717) is 22.6 Å². The SMILES string of the molecule is Cn1nc(-c2cnc3[nH]cc(C(=O)O)c3n2)c2cc(O[Si](C)(C)C(C)(C)C)ccc21. The van der Waals surface area contributed by atoms with E-state index in [1.165, 1.54) is 6.20 Å². The van der Waals surface area contributed by atoms with Crippen LogP contribution in [0.4, 0.5) is 0 Å². The molecule has 0 saturated heterocycles. The number of rotatable bonds is 4. The number of aromatic amines is 1. The molecule has 0 unspecified atom stereocenters. The van der Waals surface area contributed by atoms with Gasteiger partial charge in [-0.15, -0.1) is 0 Å². The number of H-pyrrole nitrogens is 1. The van der Waals surface area contributed by atoms with Crippen LogP contribution < -0.4 is 4.43 Å². The molecule has 30 heavy (non-hydrogen) atoms. The van der Waals surface area contributed by atoms with Gasteiger partial charge in [0.1, 0.15) is 28.2 Å². The van der Waals surface area contributed by atoms with Crippen molar-refractivity contribution in [3.63, 3.8) is 0 Å². The summed E-state index contributed by atoms with van der Waals surface area (Å²) in [7, 11) is -0.129. The maximum Gasteiger partial charge on any atom is 0.339 e. The van der Waals surface area contributed by atoms with Crippen LogP contribution in [0.25, 0.3) is 33.5 Å². The Bertz CT molecular complexity index is 1280. The number of benzene rings is 1. The van der Waals surface area contributed by atoms with Crippen molar-refractivity contribution in [2.75, 3.05) is 0 Å². The lowest BCUT2D eigenvalue weighted by Crippen LogP contribution is -2.43. The van der Waals surface area contributed by atoms with Gasteiger partial charge in [0.25, 0.3) is 0 Å². The number of carboxylic acid groups (broad SMARTS) is 1. The summed E-state index contributed by atoms with van der Waals surface area (Å²) >= 11 is 0. The summed E-state index contributed by atoms with van der Waals surface area (Å²) in [5.41, 5.74) is 2.91. The Kier molecular flexibility index (Phi) is 4.46. The molecule has 0 aliphatic rings. The first-order valence-corrected chi connectivity index (χ1v) is 12.6. The second-order valence-corrected chi connectivity index (χ2v) is 13.7. The van der Waals surface area contributed by atoms with Crippen molar-refractivity contribution >= 4 is 36.4 Å². The Balaban J connectivity index is 1.84. The molecule has 3 heterocycles. The monoisotopic (exact) mass is 423 g/mol. The Labute approximate surface area is 175 Å². The minimum absolute atomic E-state index is 0.0811. The first-order valence-electron chi connectivity index (χ1n) is 9.71. The van der Waals surface area contributed by atoms with Crippen LogP contribution in [-0.2, 0) is 7.05 Å². The zero-order valence-corrected chi connectivity index (χ0v) is 18.9. The number of carbonyl (C=O) groups is 1. The average molecular weight is 424 g/mol. The standard InChI is InChI=1S/C21H25N5O3Si/c1-21(2,3)30(5,6)29-12-7-8-16-13(9-12)17(25-26(16)4)15-11-23-19-18(24-15)14(10-22-19)20(27)28/h7-11H,1-6H3,(H,22,23)(H,27,28). The number of nitrogens with one attached hydrogen (secondary N) is 1. The van der Waals surface area contributed by atoms with Gasteiger partial charge in [-0.2, -0.15) is 5.10 Å². The van der Waals surface area contributed by atoms with Gasteiger partial charge in [0.05, 0.1) is 11.7 Å². The van der Waals surface area contributed by atoms with Crippen molar-refractivity contribution in [2.45, 2.75) is 38.9 Å². The molecule has 0 aliphatic heterocycles. The number of hydrogen-bond donors (Lipinski definition) is 2. The largest absolute Gasteiger partial charge is 0.543 e. The van der Waals surface area contributed by atoms with Crippen LogP contribution in [0, 0.1) is 0 Å². The maximum absolute atomic E-state index is 11.5. The van der Waals surface area contributed by atoms with Crippen molar-refractivity contribution in [3.8, 4) is 17.1 Å². The number of carboxylic acids is 1. The van der Waals surface area contributed by atoms with Crippen molar-refractivity contribution in [2.24, 2.45) is 7.05 Å². The summed E-state index contributed by atoms with van der Waals surface area (Å²) in [5, 5.41) is 15.0. The molecule has 2 N–H and O–H groups in total. The van der Waals surface area contributed by atoms with Crippen LogP contribution in [-0.4, -0.2) is 44.1 Å². The fraction of sp³-hybridized carbons (Fsp3) is 0.333. The highest BCUT2D eigenvalue weighted by Crippen LogP contribution is 2.38. The molecule has 3 aromatic heterocycles. The van der Waals surface area contributed by atoms with E-state index in [-0.39, 0.29) is 10.6 Å². The van der Waals surface area contributed by atoms with Crippen molar-refractivity contribution < 1.29 is 14.3 Å². The van der Waals surface area contributed by atoms with Crippen molar-refractivity contribution in [1.82, 2.24) is 24.7 Å². The van der Waals surface area contributed by atoms with E-state index >= 15 is 0 Å². The maximum atomic E-state index is 11.5. The molecule has 0 fully saturated rings. The van der Waals surface area contributed by atoms with Crippen LogP contribution >= 0.6 is 0 Å². The number of aryl methyl sites for hydroxylation is 1. The minimum Gasteiger partial charge on any atom is -0.543 e. The van der Waals surface area contributed by atoms with Crippen LogP contribution in [0.15, 0.2) is 30.6 Å². The molecule has 4 rings (SSSR count). The normalized spacial score (nSPS) is 12.6. The summed E-state index contributed by atoms with van der Waals surface area (Å²) < 4.78 is 8.25. The molecule has 0 spiro atoms. The zero-order valence-electron chi connectivity index (χ0n) is 17.9. The van der Waals surface area contributed by atoms with Crippen LogP contribution in [0.3, 0.4) is 0 Å². The number of fused-ring (bicyclic) bond motifs is 2. The van der Waals surface area contributed by atoms with Gasteiger partial charge in [0, 0.05) is 18.6 Å². The van der Waals surface area contributed by atoms with Gasteiger partial charge in [0.15, 0.2) is 5.65 Å². The first-order chi connectivity index (χ1) is 14.0. The lowest BCUT2D eigenvalue weighted by Gasteiger charge is -2.36. The molecular formula is C21H25N5O3Si. The Hall–Kier alpha value is -3.20. The van der Waals surface area contributed by atoms with Crippen molar-refractivity contribution in [3.05, 3.63) is 36.2 Å². The number of aromatic nitrogens is 5. The lowest BCUT2D eigenvalue weighted by molar-refractivity contribution is 0.0699. The summed E-state index contributed by atoms with van der Waals surface area (Å²) in [6, 6.07) is 5.94. The average Bonchev–Trinajstić information content (AvgIpc) is 3.21. The zero-order chi connectivity index (χ0) is 21.8. The van der Waals surface area contributed by atoms with Gasteiger partial charge in [0.2, 0.25) is 8.32 Å². The van der Waals surface area contributed by atoms with E-state index in [1.54, 1.807) is 10.9 Å². The van der Waals surface area contributed by atoms with Gasteiger partial charge >= 0.3 is 5.97 Å². The quantitative estimate of drug-likeness (QED) is 0.465. The number of nitrogens with zero attached hydrogens (tertiary/aromatic N) is 4. The second-order valence-electron chi connectivity index (χ2n) is 8.97. The third-order valence-electron chi connectivity index (χ3n) is 5.85. The van der Waals surface area contributed by atoms with Gasteiger partial charge in [-0.05, 0) is 36.3 Å². The molecule has 4 aromatic rings. The summed E-state index contributed by atoms with van der Waals surface area (Å²) in [5.74, 6) is -0.256. The van der Waals surface area contributed by atoms with Crippen LogP contribution in [0.1, 0.15) is 31.1 Å². The molecule has 0 saturated carbocycles. The smallest absolute Gasteiger partial charge is 0.339 e. The van der Waals surface area contributed by atoms with Gasteiger partial charge in [-0.25, -0.2) is 14.8 Å². The summed E-state index contributed by atoms with van der Waals surface area (Å²) in [6.07, 6.45) is 3.01. The molecular weight excluding hydrogens is 398 g/mol. The van der Waals surface area contributed by atoms with Gasteiger partial charge in [-0.3, -0.25) is 4.68 Å². The molecule has 0 atom stereocenters. The van der Waals surface area contributed by atoms with Crippen molar-refractivity contribution in [1.29, 1.82) is 0 Å². The Morgan fingerprint density at radius 3 is 2.67 bits per heavy atom. The molecule has 8 nitrogen and oxygen atoms in total. The van der Waals surface area contributed by atoms with Crippen LogP contribution in [0.5, 0.6) is 5.75 Å². The van der Waals surface area contributed by atoms with E-state index < -0.39 is 14.3 Å². The predicted molar refractivity (Wildman–Crippen MR) is 118 cm³/mol. The molecule has 156 valence electrons. The topological polar surface area (TPSA) is 106 Å². The van der Waals surface area contributed by atoms with E-state index in [2.05, 4.69) is 53.9 Å². The van der Waals surface area contributed by atoms with E-state index in [1.807, 2.05) is 25.2 Å². The Morgan fingerprint density at radius 1 is 1.27 bits per heavy atom. The minimum atomic E-state index is -1.99. The summed E-state index contributed by atoms with van der Waals surface area (Å²) in [4.78, 5) is 23.2. The van der Waals surface area contributed by atoms with Gasteiger partial charge in [-0.1, -0.05) is 20.8 Å². The predicted octanol–water partition coefficient (Wildman–Crippen LogP) is 4.59. The number of aromatic carboxylic acids is 1. The molecule has 1 aromatic carbocycles. The Morgan fingerprint density at radius 2 is 2.00 bits per heavy atom. The molecule has 0 aliphatic carbocycles. The lowest BCUT2D eigenvalue weighted by atomic mass is 10.1. The van der Waals surface area contributed by atoms with Crippen LogP contribution in [0.2, 0.25) is 18.1 Å². The fourth-order valence-corrected chi connectivity index (χ4v) is 4.14. The van der Waals surface area contributed by atoms with E-state index in [9.17, 15) is 9.90 Å². The van der Waals surface area contributed by atoms with E-state index in [0.717, 1.165) is 16.7 Å². The van der Waals surface area contributed by atoms with E-state index in [4.69, 9.17) is 4.43 Å². The molecule has 0 radical (unpaired) electrons. The summed E-state index contributed by atoms with van der Waals surface area (Å²) in [6.45, 7) is 11.0. The first kappa shape index (κ1) is 20.1. The fourth-order valence-electron chi connectivity index (χ4n) is 3.11.